The Balaban J connectivity index is 1.12. The van der Waals surface area contributed by atoms with Crippen LogP contribution in [0.3, 0.4) is 0 Å². The Morgan fingerprint density at radius 2 is 0.390 bits per heavy atom. The fraction of sp³-hybridized carbons (Fsp3) is 0. The number of para-hydroxylation sites is 2. The van der Waals surface area contributed by atoms with Gasteiger partial charge in [0.25, 0.3) is 0 Å². The first-order valence-electron chi connectivity index (χ1n) is 26.8. The second-order valence-electron chi connectivity index (χ2n) is 20.3. The lowest BCUT2D eigenvalue weighted by molar-refractivity contribution is 1.15. The van der Waals surface area contributed by atoms with Gasteiger partial charge in [0.05, 0.1) is 0 Å². The Bertz CT molecular complexity index is 3880. The van der Waals surface area contributed by atoms with Crippen molar-refractivity contribution >= 4 is 120 Å². The molecule has 12 aromatic carbocycles. The van der Waals surface area contributed by atoms with Crippen LogP contribution >= 0.6 is 0 Å². The van der Waals surface area contributed by atoms with Crippen molar-refractivity contribution in [3.05, 3.63) is 328 Å². The molecule has 0 spiro atoms. The number of hydrogen-bond donors (Lipinski definition) is 0. The van der Waals surface area contributed by atoms with Crippen LogP contribution in [0.2, 0.25) is 0 Å². The van der Waals surface area contributed by atoms with Crippen LogP contribution in [-0.2, 0) is 0 Å². The highest BCUT2D eigenvalue weighted by molar-refractivity contribution is 7.20. The summed E-state index contributed by atoms with van der Waals surface area (Å²) in [6, 6.07) is 124. The maximum absolute atomic E-state index is 3.51. The fourth-order valence-corrected chi connectivity index (χ4v) is 28.0. The van der Waals surface area contributed by atoms with Gasteiger partial charge in [-0.15, -0.1) is 0 Å². The number of rotatable bonds is 12. The van der Waals surface area contributed by atoms with E-state index in [0.717, 1.165) is 0 Å². The molecule has 0 aliphatic heterocycles. The molecule has 0 aliphatic carbocycles. The van der Waals surface area contributed by atoms with Gasteiger partial charge < -0.3 is 8.47 Å². The Labute approximate surface area is 453 Å². The van der Waals surface area contributed by atoms with Crippen LogP contribution in [0.25, 0.3) is 43.6 Å². The van der Waals surface area contributed by atoms with Crippen molar-refractivity contribution < 1.29 is 0 Å². The zero-order valence-corrected chi connectivity index (χ0v) is 45.6. The third-order valence-corrected chi connectivity index (χ3v) is 30.5. The second-order valence-corrected chi connectivity index (χ2v) is 31.3. The van der Waals surface area contributed by atoms with E-state index in [4.69, 9.17) is 0 Å². The van der Waals surface area contributed by atoms with Crippen molar-refractivity contribution in [1.82, 2.24) is 8.47 Å². The number of fused-ring (bicyclic) bond motifs is 6. The molecule has 0 unspecified atom stereocenters. The summed E-state index contributed by atoms with van der Waals surface area (Å²) < 4.78 is 5.64. The normalized spacial score (nSPS) is 12.2. The van der Waals surface area contributed by atoms with Crippen LogP contribution in [0, 0.1) is 0 Å². The van der Waals surface area contributed by atoms with Crippen LogP contribution in [0.1, 0.15) is 0 Å². The lowest BCUT2D eigenvalue weighted by Crippen LogP contribution is -2.74. The van der Waals surface area contributed by atoms with Crippen LogP contribution in [0.5, 0.6) is 0 Å². The zero-order valence-electron chi connectivity index (χ0n) is 42.6. The number of aromatic nitrogens is 2. The van der Waals surface area contributed by atoms with E-state index in [2.05, 4.69) is 336 Å². The van der Waals surface area contributed by atoms with Crippen molar-refractivity contribution in [2.75, 3.05) is 0 Å². The molecule has 0 radical (unpaired) electrons. The van der Waals surface area contributed by atoms with E-state index < -0.39 is 24.5 Å². The topological polar surface area (TPSA) is 9.86 Å². The molecule has 77 heavy (non-hydrogen) atoms. The first kappa shape index (κ1) is 46.4. The van der Waals surface area contributed by atoms with E-state index in [-0.39, 0.29) is 0 Å². The molecule has 2 aromatic heterocycles. The summed E-state index contributed by atoms with van der Waals surface area (Å²) in [6.07, 6.45) is 0. The van der Waals surface area contributed by atoms with Gasteiger partial charge in [-0.3, -0.25) is 0 Å². The Hall–Kier alpha value is -9.11. The standard InChI is InChI=1S/C72H54N2Si3/c1-9-29-55(30-10-1)75(56-31-11-2-12-32-56,57-33-13-3-14-34-57)63-49-51-71-67(53-63)65-45-25-27-47-69(65)73(71)77(61-41-21-7-22-42-61,62-43-23-8-24-44-62)74-70-48-28-26-46-66(70)68-54-64(50-52-72(68)74)76(58-35-15-4-16-36-58,59-37-17-5-18-38-59)60-39-19-6-20-40-60/h1-54H. The van der Waals surface area contributed by atoms with E-state index in [0.29, 0.717) is 0 Å². The molecule has 0 atom stereocenters. The van der Waals surface area contributed by atoms with Crippen LogP contribution < -0.4 is 51.9 Å². The van der Waals surface area contributed by atoms with Gasteiger partial charge >= 0.3 is 8.40 Å². The van der Waals surface area contributed by atoms with Gasteiger partial charge in [-0.05, 0) is 76.1 Å². The predicted molar refractivity (Wildman–Crippen MR) is 335 cm³/mol. The van der Waals surface area contributed by atoms with Crippen LogP contribution in [-0.4, -0.2) is 33.0 Å². The minimum absolute atomic E-state index is 1.22. The summed E-state index contributed by atoms with van der Waals surface area (Å²) in [7, 11) is -9.29. The Morgan fingerprint density at radius 1 is 0.169 bits per heavy atom. The molecule has 0 N–H and O–H groups in total. The van der Waals surface area contributed by atoms with Crippen molar-refractivity contribution in [3.8, 4) is 0 Å². The van der Waals surface area contributed by atoms with Gasteiger partial charge in [0, 0.05) is 43.6 Å². The van der Waals surface area contributed by atoms with Crippen molar-refractivity contribution in [3.63, 3.8) is 0 Å². The molecule has 2 heterocycles. The third kappa shape index (κ3) is 7.12. The van der Waals surface area contributed by atoms with Gasteiger partial charge in [-0.25, -0.2) is 0 Å². The molecule has 0 saturated heterocycles. The van der Waals surface area contributed by atoms with Crippen molar-refractivity contribution in [1.29, 1.82) is 0 Å². The van der Waals surface area contributed by atoms with Gasteiger partial charge in [0.15, 0.2) is 16.1 Å². The number of hydrogen-bond acceptors (Lipinski definition) is 0. The SMILES string of the molecule is c1ccc([Si](c2ccccc2)(c2ccccc2)c2ccc3c(c2)c2ccccc2n3[Si](c2ccccc2)(c2ccccc2)n2c3ccccc3c3cc([Si](c4ccccc4)(c4ccccc4)c4ccccc4)ccc32)cc1. The van der Waals surface area contributed by atoms with Crippen molar-refractivity contribution in [2.45, 2.75) is 0 Å². The zero-order chi connectivity index (χ0) is 51.2. The fourth-order valence-electron chi connectivity index (χ4n) is 13.4. The van der Waals surface area contributed by atoms with E-state index in [1.807, 2.05) is 0 Å². The summed E-state index contributed by atoms with van der Waals surface area (Å²) in [5, 5.41) is 18.5. The Morgan fingerprint density at radius 3 is 0.662 bits per heavy atom. The maximum atomic E-state index is 2.82. The molecule has 0 fully saturated rings. The van der Waals surface area contributed by atoms with Gasteiger partial charge in [-0.2, -0.15) is 0 Å². The van der Waals surface area contributed by atoms with E-state index in [9.17, 15) is 0 Å². The molecule has 0 saturated carbocycles. The Kier molecular flexibility index (Phi) is 11.6. The highest BCUT2D eigenvalue weighted by Crippen LogP contribution is 2.38. The first-order chi connectivity index (χ1) is 38.2. The largest absolute Gasteiger partial charge is 0.342 e. The molecule has 364 valence electrons. The maximum Gasteiger partial charge on any atom is 0.340 e. The quantitative estimate of drug-likeness (QED) is 0.0853. The first-order valence-corrected chi connectivity index (χ1v) is 32.7. The molecular formula is C72H54N2Si3. The summed E-state index contributed by atoms with van der Waals surface area (Å²) in [5.41, 5.74) is 4.88. The molecule has 0 amide bonds. The molecule has 5 heteroatoms. The summed E-state index contributed by atoms with van der Waals surface area (Å²) >= 11 is 0. The minimum Gasteiger partial charge on any atom is -0.342 e. The van der Waals surface area contributed by atoms with E-state index >= 15 is 0 Å². The van der Waals surface area contributed by atoms with Gasteiger partial charge in [0.1, 0.15) is 0 Å². The lowest BCUT2D eigenvalue weighted by Gasteiger charge is -2.38. The monoisotopic (exact) mass is 1030 g/mol. The van der Waals surface area contributed by atoms with Gasteiger partial charge in [0.2, 0.25) is 0 Å². The highest BCUT2D eigenvalue weighted by Gasteiger charge is 2.49. The molecule has 2 nitrogen and oxygen atoms in total. The van der Waals surface area contributed by atoms with Crippen molar-refractivity contribution in [2.24, 2.45) is 0 Å². The summed E-state index contributed by atoms with van der Waals surface area (Å²) in [6.45, 7) is 0. The average molecular weight is 1030 g/mol. The lowest BCUT2D eigenvalue weighted by atomic mass is 10.1. The smallest absolute Gasteiger partial charge is 0.340 e. The highest BCUT2D eigenvalue weighted by atomic mass is 28.3. The molecule has 0 aliphatic rings. The van der Waals surface area contributed by atoms with E-state index in [1.165, 1.54) is 95.5 Å². The summed E-state index contributed by atoms with van der Waals surface area (Å²) in [4.78, 5) is 0. The number of nitrogens with zero attached hydrogens (tertiary/aromatic N) is 2. The van der Waals surface area contributed by atoms with Crippen LogP contribution in [0.15, 0.2) is 328 Å². The second kappa shape index (κ2) is 19.2. The molecule has 14 aromatic rings. The molecule has 14 rings (SSSR count). The minimum atomic E-state index is -3.51. The van der Waals surface area contributed by atoms with E-state index in [1.54, 1.807) is 0 Å². The number of benzene rings is 12. The average Bonchev–Trinajstić information content (AvgIpc) is 4.28. The third-order valence-electron chi connectivity index (χ3n) is 16.5. The van der Waals surface area contributed by atoms with Gasteiger partial charge in [-0.1, -0.05) is 303 Å². The van der Waals surface area contributed by atoms with Crippen LogP contribution in [0.4, 0.5) is 0 Å². The predicted octanol–water partition coefficient (Wildman–Crippen LogP) is 10.3. The summed E-state index contributed by atoms with van der Waals surface area (Å²) in [5.74, 6) is 0. The molecule has 0 bridgehead atoms. The molecular weight excluding hydrogens is 977 g/mol.